The number of rotatable bonds is 5. The van der Waals surface area contributed by atoms with Crippen molar-refractivity contribution in [3.05, 3.63) is 58.2 Å². The number of nitrogens with zero attached hydrogens (tertiary/aromatic N) is 2. The SMILES string of the molecule is CCOC(=O)N1CCC(c2cn(CCc3ccsc3)c3cc(F)ccc23)CC1. The molecule has 3 aromatic rings. The van der Waals surface area contributed by atoms with E-state index in [2.05, 4.69) is 27.6 Å². The molecule has 4 rings (SSSR count). The monoisotopic (exact) mass is 400 g/mol. The van der Waals surface area contributed by atoms with Gasteiger partial charge < -0.3 is 14.2 Å². The van der Waals surface area contributed by atoms with Crippen LogP contribution in [0.4, 0.5) is 9.18 Å². The largest absolute Gasteiger partial charge is 0.450 e. The Kier molecular flexibility index (Phi) is 5.67. The van der Waals surface area contributed by atoms with Crippen LogP contribution in [0.2, 0.25) is 0 Å². The minimum atomic E-state index is -0.221. The third kappa shape index (κ3) is 3.92. The molecule has 28 heavy (non-hydrogen) atoms. The molecule has 0 atom stereocenters. The number of thiophene rings is 1. The van der Waals surface area contributed by atoms with Crippen molar-refractivity contribution < 1.29 is 13.9 Å². The maximum absolute atomic E-state index is 13.9. The zero-order valence-electron chi connectivity index (χ0n) is 16.1. The molecule has 0 saturated carbocycles. The number of fused-ring (bicyclic) bond motifs is 1. The highest BCUT2D eigenvalue weighted by Gasteiger charge is 2.26. The van der Waals surface area contributed by atoms with Gasteiger partial charge >= 0.3 is 6.09 Å². The number of amides is 1. The topological polar surface area (TPSA) is 34.5 Å². The number of hydrogen-bond donors (Lipinski definition) is 0. The standard InChI is InChI=1S/C22H25FN2O2S/c1-2-27-22(26)24-10-6-17(7-11-24)20-14-25(9-5-16-8-12-28-15-16)21-13-18(23)3-4-19(20)21/h3-4,8,12-15,17H,2,5-7,9-11H2,1H3. The predicted octanol–water partition coefficient (Wildman–Crippen LogP) is 5.42. The molecule has 3 heterocycles. The third-order valence-electron chi connectivity index (χ3n) is 5.56. The van der Waals surface area contributed by atoms with Crippen LogP contribution in [-0.2, 0) is 17.7 Å². The van der Waals surface area contributed by atoms with Crippen molar-refractivity contribution >= 4 is 28.3 Å². The summed E-state index contributed by atoms with van der Waals surface area (Å²) in [7, 11) is 0. The molecule has 1 fully saturated rings. The van der Waals surface area contributed by atoms with Crippen LogP contribution in [0.5, 0.6) is 0 Å². The van der Waals surface area contributed by atoms with E-state index in [1.807, 2.05) is 13.0 Å². The number of carbonyl (C=O) groups is 1. The molecule has 1 aliphatic heterocycles. The van der Waals surface area contributed by atoms with E-state index in [4.69, 9.17) is 4.74 Å². The number of piperidine rings is 1. The van der Waals surface area contributed by atoms with Crippen molar-refractivity contribution in [3.8, 4) is 0 Å². The highest BCUT2D eigenvalue weighted by molar-refractivity contribution is 7.07. The van der Waals surface area contributed by atoms with Gasteiger partial charge in [-0.25, -0.2) is 9.18 Å². The van der Waals surface area contributed by atoms with Crippen LogP contribution in [0.15, 0.2) is 41.2 Å². The lowest BCUT2D eigenvalue weighted by molar-refractivity contribution is 0.0971. The Bertz CT molecular complexity index is 943. The van der Waals surface area contributed by atoms with Crippen LogP contribution in [0.25, 0.3) is 10.9 Å². The smallest absolute Gasteiger partial charge is 0.409 e. The molecule has 1 aromatic carbocycles. The molecule has 1 amide bonds. The van der Waals surface area contributed by atoms with Crippen molar-refractivity contribution in [2.45, 2.75) is 38.6 Å². The summed E-state index contributed by atoms with van der Waals surface area (Å²) in [5, 5.41) is 5.38. The van der Waals surface area contributed by atoms with E-state index in [0.29, 0.717) is 25.6 Å². The number of hydrogen-bond acceptors (Lipinski definition) is 3. The number of aryl methyl sites for hydroxylation is 2. The maximum atomic E-state index is 13.9. The molecule has 148 valence electrons. The number of aromatic nitrogens is 1. The number of likely N-dealkylation sites (tertiary alicyclic amines) is 1. The van der Waals surface area contributed by atoms with Gasteiger partial charge in [0, 0.05) is 31.2 Å². The first-order chi connectivity index (χ1) is 13.7. The van der Waals surface area contributed by atoms with Crippen LogP contribution in [0, 0.1) is 5.82 Å². The van der Waals surface area contributed by atoms with E-state index in [0.717, 1.165) is 36.7 Å². The Morgan fingerprint density at radius 3 is 2.82 bits per heavy atom. The van der Waals surface area contributed by atoms with Crippen LogP contribution in [0.3, 0.4) is 0 Å². The fraction of sp³-hybridized carbons (Fsp3) is 0.409. The average molecular weight is 401 g/mol. The Hall–Kier alpha value is -2.34. The summed E-state index contributed by atoms with van der Waals surface area (Å²) >= 11 is 1.70. The van der Waals surface area contributed by atoms with E-state index in [1.165, 1.54) is 11.1 Å². The molecule has 4 nitrogen and oxygen atoms in total. The highest BCUT2D eigenvalue weighted by atomic mass is 32.1. The van der Waals surface area contributed by atoms with Crippen molar-refractivity contribution in [2.24, 2.45) is 0 Å². The van der Waals surface area contributed by atoms with Gasteiger partial charge in [0.2, 0.25) is 0 Å². The van der Waals surface area contributed by atoms with Crippen LogP contribution in [0.1, 0.15) is 36.8 Å². The third-order valence-corrected chi connectivity index (χ3v) is 6.29. The fourth-order valence-electron chi connectivity index (χ4n) is 4.08. The Morgan fingerprint density at radius 2 is 2.11 bits per heavy atom. The predicted molar refractivity (Wildman–Crippen MR) is 110 cm³/mol. The van der Waals surface area contributed by atoms with E-state index in [1.54, 1.807) is 28.4 Å². The van der Waals surface area contributed by atoms with E-state index >= 15 is 0 Å². The second-order valence-corrected chi connectivity index (χ2v) is 8.06. The molecule has 6 heteroatoms. The molecule has 0 aliphatic carbocycles. The number of carbonyl (C=O) groups excluding carboxylic acids is 1. The first-order valence-electron chi connectivity index (χ1n) is 9.86. The van der Waals surface area contributed by atoms with Gasteiger partial charge in [-0.3, -0.25) is 0 Å². The van der Waals surface area contributed by atoms with Gasteiger partial charge in [0.25, 0.3) is 0 Å². The number of ether oxygens (including phenoxy) is 1. The zero-order chi connectivity index (χ0) is 19.5. The fourth-order valence-corrected chi connectivity index (χ4v) is 4.78. The van der Waals surface area contributed by atoms with Crippen LogP contribution in [-0.4, -0.2) is 35.3 Å². The molecule has 1 saturated heterocycles. The zero-order valence-corrected chi connectivity index (χ0v) is 16.9. The number of halogens is 1. The summed E-state index contributed by atoms with van der Waals surface area (Å²) in [5.74, 6) is 0.173. The van der Waals surface area contributed by atoms with E-state index < -0.39 is 0 Å². The molecular weight excluding hydrogens is 375 g/mol. The first-order valence-corrected chi connectivity index (χ1v) is 10.8. The normalized spacial score (nSPS) is 15.3. The molecule has 0 spiro atoms. The minimum Gasteiger partial charge on any atom is -0.450 e. The summed E-state index contributed by atoms with van der Waals surface area (Å²) in [5.41, 5.74) is 3.54. The number of benzene rings is 1. The molecule has 0 unspecified atom stereocenters. The summed E-state index contributed by atoms with van der Waals surface area (Å²) < 4.78 is 21.2. The van der Waals surface area contributed by atoms with Gasteiger partial charge in [-0.1, -0.05) is 0 Å². The van der Waals surface area contributed by atoms with Gasteiger partial charge in [-0.2, -0.15) is 11.3 Å². The maximum Gasteiger partial charge on any atom is 0.409 e. The lowest BCUT2D eigenvalue weighted by Gasteiger charge is -2.31. The quantitative estimate of drug-likeness (QED) is 0.573. The highest BCUT2D eigenvalue weighted by Crippen LogP contribution is 2.35. The van der Waals surface area contributed by atoms with Crippen molar-refractivity contribution in [1.29, 1.82) is 0 Å². The van der Waals surface area contributed by atoms with Crippen molar-refractivity contribution in [2.75, 3.05) is 19.7 Å². The van der Waals surface area contributed by atoms with E-state index in [9.17, 15) is 9.18 Å². The Morgan fingerprint density at radius 1 is 1.29 bits per heavy atom. The summed E-state index contributed by atoms with van der Waals surface area (Å²) in [6.45, 7) is 4.47. The molecule has 2 aromatic heterocycles. The molecule has 0 N–H and O–H groups in total. The lowest BCUT2D eigenvalue weighted by Crippen LogP contribution is -2.38. The molecule has 0 radical (unpaired) electrons. The lowest BCUT2D eigenvalue weighted by atomic mass is 9.89. The second-order valence-electron chi connectivity index (χ2n) is 7.28. The minimum absolute atomic E-state index is 0.203. The summed E-state index contributed by atoms with van der Waals surface area (Å²) in [4.78, 5) is 13.7. The van der Waals surface area contributed by atoms with Gasteiger partial charge in [0.1, 0.15) is 5.82 Å². The van der Waals surface area contributed by atoms with Crippen molar-refractivity contribution in [3.63, 3.8) is 0 Å². The Labute approximate surface area is 168 Å². The van der Waals surface area contributed by atoms with Gasteiger partial charge in [0.15, 0.2) is 0 Å². The molecule has 0 bridgehead atoms. The first kappa shape index (κ1) is 19.0. The van der Waals surface area contributed by atoms with Gasteiger partial charge in [-0.15, -0.1) is 0 Å². The van der Waals surface area contributed by atoms with Crippen LogP contribution >= 0.6 is 11.3 Å². The summed E-state index contributed by atoms with van der Waals surface area (Å²) in [6.07, 6.45) is 4.71. The molecule has 1 aliphatic rings. The van der Waals surface area contributed by atoms with Gasteiger partial charge in [-0.05, 0) is 78.3 Å². The molecular formula is C22H25FN2O2S. The summed E-state index contributed by atoms with van der Waals surface area (Å²) in [6, 6.07) is 7.23. The average Bonchev–Trinajstić information content (AvgIpc) is 3.34. The Balaban J connectivity index is 1.55. The van der Waals surface area contributed by atoms with Crippen LogP contribution < -0.4 is 0 Å². The van der Waals surface area contributed by atoms with E-state index in [-0.39, 0.29) is 11.9 Å². The second kappa shape index (κ2) is 8.35. The van der Waals surface area contributed by atoms with Crippen molar-refractivity contribution in [1.82, 2.24) is 9.47 Å². The van der Waals surface area contributed by atoms with Gasteiger partial charge in [0.05, 0.1) is 12.1 Å².